The number of nitrogens with one attached hydrogen (secondary N) is 4. The van der Waals surface area contributed by atoms with Crippen LogP contribution in [0.4, 0.5) is 0 Å². The highest BCUT2D eigenvalue weighted by Gasteiger charge is 2.31. The Morgan fingerprint density at radius 1 is 0.967 bits per heavy atom. The van der Waals surface area contributed by atoms with Gasteiger partial charge in [-0.3, -0.25) is 31.1 Å². The summed E-state index contributed by atoms with van der Waals surface area (Å²) in [6.45, 7) is 8.02. The fraction of sp³-hybridized carbons (Fsp3) is 1.00. The maximum Gasteiger partial charge on any atom is 0.115 e. The summed E-state index contributed by atoms with van der Waals surface area (Å²) in [5.74, 6) is 0.822. The first kappa shape index (κ1) is 22.9. The van der Waals surface area contributed by atoms with Crippen molar-refractivity contribution in [1.82, 2.24) is 31.1 Å². The second-order valence-corrected chi connectivity index (χ2v) is 10.1. The number of hydrogen-bond donors (Lipinski definition) is 5. The van der Waals surface area contributed by atoms with Crippen molar-refractivity contribution in [3.8, 4) is 0 Å². The van der Waals surface area contributed by atoms with Gasteiger partial charge < -0.3 is 10.5 Å². The van der Waals surface area contributed by atoms with Crippen LogP contribution in [0.3, 0.4) is 0 Å². The third-order valence-corrected chi connectivity index (χ3v) is 7.77. The molecule has 2 saturated heterocycles. The van der Waals surface area contributed by atoms with E-state index >= 15 is 0 Å². The van der Waals surface area contributed by atoms with Gasteiger partial charge >= 0.3 is 0 Å². The molecule has 0 bridgehead atoms. The smallest absolute Gasteiger partial charge is 0.115 e. The molecule has 174 valence electrons. The second-order valence-electron chi connectivity index (χ2n) is 10.1. The molecule has 6 N–H and O–H groups in total. The monoisotopic (exact) mass is 423 g/mol. The van der Waals surface area contributed by atoms with Crippen LogP contribution < -0.4 is 27.0 Å². The van der Waals surface area contributed by atoms with Crippen molar-refractivity contribution in [3.63, 3.8) is 0 Å². The number of ether oxygens (including phenoxy) is 1. The molecule has 2 aliphatic heterocycles. The molecule has 5 atom stereocenters. The number of piperazine rings is 1. The molecular weight excluding hydrogens is 378 g/mol. The largest absolute Gasteiger partial charge is 0.381 e. The molecule has 0 aromatic rings. The molecule has 0 aromatic heterocycles. The lowest BCUT2D eigenvalue weighted by Gasteiger charge is -2.44. The van der Waals surface area contributed by atoms with Crippen LogP contribution in [-0.2, 0) is 4.74 Å². The quantitative estimate of drug-likeness (QED) is 0.419. The number of hydrogen-bond acceptors (Lipinski definition) is 8. The van der Waals surface area contributed by atoms with E-state index < -0.39 is 0 Å². The molecule has 4 rings (SSSR count). The minimum Gasteiger partial charge on any atom is -0.381 e. The Morgan fingerprint density at radius 2 is 1.73 bits per heavy atom. The first-order chi connectivity index (χ1) is 14.6. The maximum absolute atomic E-state index is 6.26. The third kappa shape index (κ3) is 6.36. The number of nitrogens with two attached hydrogens (primary N) is 1. The van der Waals surface area contributed by atoms with Gasteiger partial charge in [-0.1, -0.05) is 19.8 Å². The molecule has 8 heteroatoms. The van der Waals surface area contributed by atoms with Crippen LogP contribution in [0.15, 0.2) is 0 Å². The lowest BCUT2D eigenvalue weighted by atomic mass is 9.87. The Bertz CT molecular complexity index is 508. The first-order valence-corrected chi connectivity index (χ1v) is 12.4. The molecular formula is C22H45N7O. The topological polar surface area (TPSA) is 89.9 Å². The maximum atomic E-state index is 6.26. The van der Waals surface area contributed by atoms with Crippen molar-refractivity contribution in [2.75, 3.05) is 39.8 Å². The van der Waals surface area contributed by atoms with Gasteiger partial charge in [0.05, 0.1) is 12.3 Å². The predicted molar refractivity (Wildman–Crippen MR) is 121 cm³/mol. The summed E-state index contributed by atoms with van der Waals surface area (Å²) < 4.78 is 5.54. The summed E-state index contributed by atoms with van der Waals surface area (Å²) >= 11 is 0. The van der Waals surface area contributed by atoms with E-state index in [1.165, 1.54) is 64.5 Å². The summed E-state index contributed by atoms with van der Waals surface area (Å²) in [5, 5.41) is 14.3. The summed E-state index contributed by atoms with van der Waals surface area (Å²) in [7, 11) is 1.86. The van der Waals surface area contributed by atoms with E-state index in [2.05, 4.69) is 38.0 Å². The van der Waals surface area contributed by atoms with Crippen LogP contribution in [0, 0.1) is 5.92 Å². The molecule has 30 heavy (non-hydrogen) atoms. The van der Waals surface area contributed by atoms with Crippen molar-refractivity contribution in [2.45, 2.75) is 95.2 Å². The number of methoxy groups -OCH3 is 1. The summed E-state index contributed by atoms with van der Waals surface area (Å²) in [4.78, 5) is 5.30. The van der Waals surface area contributed by atoms with Gasteiger partial charge in [-0.25, -0.2) is 0 Å². The second kappa shape index (κ2) is 11.0. The first-order valence-electron chi connectivity index (χ1n) is 12.4. The molecule has 0 amide bonds. The van der Waals surface area contributed by atoms with E-state index in [-0.39, 0.29) is 18.7 Å². The van der Waals surface area contributed by atoms with Crippen molar-refractivity contribution in [2.24, 2.45) is 11.7 Å². The van der Waals surface area contributed by atoms with E-state index in [1.54, 1.807) is 0 Å². The van der Waals surface area contributed by atoms with Gasteiger partial charge in [0.1, 0.15) is 12.6 Å². The lowest BCUT2D eigenvalue weighted by molar-refractivity contribution is 0.0186. The van der Waals surface area contributed by atoms with Crippen LogP contribution in [-0.4, -0.2) is 86.6 Å². The van der Waals surface area contributed by atoms with Gasteiger partial charge in [0.2, 0.25) is 0 Å². The van der Waals surface area contributed by atoms with Gasteiger partial charge in [-0.15, -0.1) is 0 Å². The molecule has 0 radical (unpaired) electrons. The molecule has 8 nitrogen and oxygen atoms in total. The lowest BCUT2D eigenvalue weighted by Crippen LogP contribution is -2.76. The van der Waals surface area contributed by atoms with Gasteiger partial charge in [0, 0.05) is 51.9 Å². The molecule has 0 spiro atoms. The average molecular weight is 424 g/mol. The van der Waals surface area contributed by atoms with Gasteiger partial charge in [0.25, 0.3) is 0 Å². The fourth-order valence-corrected chi connectivity index (χ4v) is 5.98. The highest BCUT2D eigenvalue weighted by atomic mass is 16.5. The summed E-state index contributed by atoms with van der Waals surface area (Å²) in [6.07, 6.45) is 10.9. The Kier molecular flexibility index (Phi) is 8.39. The van der Waals surface area contributed by atoms with Crippen LogP contribution in [0.1, 0.15) is 58.3 Å². The Morgan fingerprint density at radius 3 is 2.43 bits per heavy atom. The Hall–Kier alpha value is -0.320. The van der Waals surface area contributed by atoms with Crippen molar-refractivity contribution < 1.29 is 4.74 Å². The average Bonchev–Trinajstić information content (AvgIpc) is 2.74. The van der Waals surface area contributed by atoms with Crippen LogP contribution in [0.5, 0.6) is 0 Å². The Labute approximate surface area is 183 Å². The van der Waals surface area contributed by atoms with Crippen LogP contribution in [0.25, 0.3) is 0 Å². The molecule has 5 unspecified atom stereocenters. The standard InChI is InChI=1S/C22H45N7O/c1-16-4-3-5-17(14-16)24-22-26-20(25-21(23)27-22)15-28-10-12-29(13-11-28)18-6-8-19(30-2)9-7-18/h16-22,24-27H,3-15,23H2,1-2H3. The molecule has 4 aliphatic rings. The molecule has 0 aromatic carbocycles. The van der Waals surface area contributed by atoms with Gasteiger partial charge in [0.15, 0.2) is 0 Å². The molecule has 4 fully saturated rings. The highest BCUT2D eigenvalue weighted by molar-refractivity contribution is 4.88. The normalized spacial score (nSPS) is 42.3. The summed E-state index contributed by atoms with van der Waals surface area (Å²) in [5.41, 5.74) is 6.26. The fourth-order valence-electron chi connectivity index (χ4n) is 5.98. The zero-order valence-electron chi connectivity index (χ0n) is 19.1. The SMILES string of the molecule is COC1CCC(N2CCN(CC3NC(N)NC(NC4CCCC(C)C4)N3)CC2)CC1. The third-order valence-electron chi connectivity index (χ3n) is 7.77. The van der Waals surface area contributed by atoms with Gasteiger partial charge in [-0.05, 0) is 44.4 Å². The van der Waals surface area contributed by atoms with E-state index in [4.69, 9.17) is 10.5 Å². The predicted octanol–water partition coefficient (Wildman–Crippen LogP) is 0.364. The van der Waals surface area contributed by atoms with E-state index in [1.807, 2.05) is 7.11 Å². The van der Waals surface area contributed by atoms with Gasteiger partial charge in [-0.2, -0.15) is 0 Å². The van der Waals surface area contributed by atoms with E-state index in [0.29, 0.717) is 12.1 Å². The zero-order valence-corrected chi connectivity index (χ0v) is 19.1. The van der Waals surface area contributed by atoms with Crippen molar-refractivity contribution >= 4 is 0 Å². The zero-order chi connectivity index (χ0) is 20.9. The van der Waals surface area contributed by atoms with Crippen molar-refractivity contribution in [3.05, 3.63) is 0 Å². The Balaban J connectivity index is 1.19. The molecule has 2 heterocycles. The van der Waals surface area contributed by atoms with Crippen molar-refractivity contribution in [1.29, 1.82) is 0 Å². The number of rotatable bonds is 6. The molecule has 2 aliphatic carbocycles. The molecule has 2 saturated carbocycles. The minimum absolute atomic E-state index is 0.0822. The highest BCUT2D eigenvalue weighted by Crippen LogP contribution is 2.26. The number of nitrogens with zero attached hydrogens (tertiary/aromatic N) is 2. The van der Waals surface area contributed by atoms with E-state index in [9.17, 15) is 0 Å². The minimum atomic E-state index is -0.174. The summed E-state index contributed by atoms with van der Waals surface area (Å²) in [6, 6.07) is 1.34. The van der Waals surface area contributed by atoms with Crippen LogP contribution in [0.2, 0.25) is 0 Å². The van der Waals surface area contributed by atoms with E-state index in [0.717, 1.165) is 31.6 Å². The van der Waals surface area contributed by atoms with Crippen LogP contribution >= 0.6 is 0 Å².